The van der Waals surface area contributed by atoms with Gasteiger partial charge in [-0.15, -0.1) is 0 Å². The van der Waals surface area contributed by atoms with E-state index >= 15 is 0 Å². The molecule has 1 nitrogen and oxygen atoms in total. The van der Waals surface area contributed by atoms with Crippen molar-refractivity contribution in [3.8, 4) is 0 Å². The first-order valence-electron chi connectivity index (χ1n) is 5.95. The van der Waals surface area contributed by atoms with E-state index in [1.54, 1.807) is 0 Å². The normalized spacial score (nSPS) is 11.9. The van der Waals surface area contributed by atoms with Crippen molar-refractivity contribution >= 4 is 10.5 Å². The van der Waals surface area contributed by atoms with E-state index in [2.05, 4.69) is 13.8 Å². The fourth-order valence-corrected chi connectivity index (χ4v) is 2.80. The maximum atomic E-state index is 12.7. The summed E-state index contributed by atoms with van der Waals surface area (Å²) in [5.41, 5.74) is 1.23. The van der Waals surface area contributed by atoms with E-state index in [1.807, 2.05) is 12.1 Å². The van der Waals surface area contributed by atoms with Crippen molar-refractivity contribution < 1.29 is 8.82 Å². The lowest BCUT2D eigenvalue weighted by Gasteiger charge is -2.31. The Kier molecular flexibility index (Phi) is 5.15. The molecule has 0 saturated carbocycles. The van der Waals surface area contributed by atoms with Crippen molar-refractivity contribution in [3.63, 3.8) is 0 Å². The number of aryl methyl sites for hydroxylation is 1. The Labute approximate surface area is 101 Å². The Balaban J connectivity index is 2.58. The maximum Gasteiger partial charge on any atom is 0.146 e. The van der Waals surface area contributed by atoms with E-state index in [0.717, 1.165) is 36.2 Å². The highest BCUT2D eigenvalue weighted by molar-refractivity contribution is 5.98. The molecule has 0 spiro atoms. The Morgan fingerprint density at radius 2 is 1.75 bits per heavy atom. The molecule has 0 amide bonds. The minimum absolute atomic E-state index is 0.0423. The fraction of sp³-hybridized carbons (Fsp3) is 0.538. The zero-order chi connectivity index (χ0) is 12.0. The lowest BCUT2D eigenvalue weighted by Crippen LogP contribution is -2.30. The van der Waals surface area contributed by atoms with Gasteiger partial charge >= 0.3 is 0 Å². The molecule has 0 fully saturated rings. The first-order chi connectivity index (χ1) is 7.65. The van der Waals surface area contributed by atoms with Gasteiger partial charge in [0.05, 0.1) is 5.60 Å². The molecule has 1 aromatic carbocycles. The van der Waals surface area contributed by atoms with E-state index in [-0.39, 0.29) is 11.4 Å². The molecule has 3 heteroatoms. The molecule has 0 aliphatic carbocycles. The van der Waals surface area contributed by atoms with Crippen LogP contribution in [0.1, 0.15) is 38.7 Å². The summed E-state index contributed by atoms with van der Waals surface area (Å²) in [4.78, 5) is 0. The van der Waals surface area contributed by atoms with Gasteiger partial charge in [0, 0.05) is 0 Å². The number of halogens is 1. The van der Waals surface area contributed by atoms with Crippen molar-refractivity contribution in [2.45, 2.75) is 45.1 Å². The highest BCUT2D eigenvalue weighted by atomic mass is 28.2. The van der Waals surface area contributed by atoms with Crippen molar-refractivity contribution in [3.05, 3.63) is 35.6 Å². The molecule has 0 aliphatic rings. The van der Waals surface area contributed by atoms with E-state index < -0.39 is 0 Å². The molecule has 0 aromatic heterocycles. The lowest BCUT2D eigenvalue weighted by molar-refractivity contribution is 0.0617. The zero-order valence-electron chi connectivity index (χ0n) is 10.4. The quantitative estimate of drug-likeness (QED) is 0.695. The van der Waals surface area contributed by atoms with Gasteiger partial charge in [-0.1, -0.05) is 26.0 Å². The summed E-state index contributed by atoms with van der Waals surface area (Å²) in [6, 6.07) is 6.77. The van der Waals surface area contributed by atoms with E-state index in [1.165, 1.54) is 17.7 Å². The van der Waals surface area contributed by atoms with Crippen LogP contribution in [0.2, 0.25) is 0 Å². The van der Waals surface area contributed by atoms with Gasteiger partial charge in [0.15, 0.2) is 0 Å². The molecule has 1 aromatic rings. The van der Waals surface area contributed by atoms with Crippen LogP contribution in [0.25, 0.3) is 0 Å². The summed E-state index contributed by atoms with van der Waals surface area (Å²) in [6.07, 6.45) is 4.09. The van der Waals surface area contributed by atoms with Crippen LogP contribution in [0.3, 0.4) is 0 Å². The number of benzene rings is 1. The molecule has 16 heavy (non-hydrogen) atoms. The lowest BCUT2D eigenvalue weighted by atomic mass is 9.90. The Bertz CT molecular complexity index is 298. The zero-order valence-corrected chi connectivity index (χ0v) is 12.4. The molecule has 0 atom stereocenters. The SMILES string of the molecule is CCC(CC)(CCc1ccc(F)cc1)O[SiH3]. The molecular formula is C13H21FOSi. The van der Waals surface area contributed by atoms with Crippen LogP contribution in [-0.2, 0) is 10.8 Å². The highest BCUT2D eigenvalue weighted by Gasteiger charge is 2.23. The minimum Gasteiger partial charge on any atom is -0.422 e. The predicted molar refractivity (Wildman–Crippen MR) is 69.1 cm³/mol. The third kappa shape index (κ3) is 3.42. The Hall–Kier alpha value is -0.673. The van der Waals surface area contributed by atoms with E-state index in [4.69, 9.17) is 4.43 Å². The summed E-state index contributed by atoms with van der Waals surface area (Å²) in [5, 5.41) is 0. The highest BCUT2D eigenvalue weighted by Crippen LogP contribution is 2.25. The van der Waals surface area contributed by atoms with Crippen molar-refractivity contribution in [1.29, 1.82) is 0 Å². The van der Waals surface area contributed by atoms with E-state index in [9.17, 15) is 4.39 Å². The van der Waals surface area contributed by atoms with E-state index in [0.29, 0.717) is 0 Å². The minimum atomic E-state index is -0.167. The Morgan fingerprint density at radius 3 is 2.19 bits per heavy atom. The molecule has 0 bridgehead atoms. The molecule has 0 saturated heterocycles. The van der Waals surface area contributed by atoms with Crippen LogP contribution >= 0.6 is 0 Å². The third-order valence-electron chi connectivity index (χ3n) is 3.50. The second-order valence-corrected chi connectivity index (χ2v) is 4.63. The van der Waals surface area contributed by atoms with Crippen LogP contribution < -0.4 is 0 Å². The van der Waals surface area contributed by atoms with Crippen molar-refractivity contribution in [1.82, 2.24) is 0 Å². The first kappa shape index (κ1) is 13.4. The van der Waals surface area contributed by atoms with Gasteiger partial charge in [-0.3, -0.25) is 0 Å². The number of hydrogen-bond acceptors (Lipinski definition) is 1. The van der Waals surface area contributed by atoms with Crippen molar-refractivity contribution in [2.24, 2.45) is 0 Å². The van der Waals surface area contributed by atoms with Crippen LogP contribution in [-0.4, -0.2) is 16.1 Å². The summed E-state index contributed by atoms with van der Waals surface area (Å²) in [6.45, 7) is 4.35. The van der Waals surface area contributed by atoms with Gasteiger partial charge in [0.1, 0.15) is 16.3 Å². The molecule has 0 radical (unpaired) electrons. The van der Waals surface area contributed by atoms with Gasteiger partial charge in [-0.05, 0) is 43.4 Å². The van der Waals surface area contributed by atoms with Gasteiger partial charge < -0.3 is 4.43 Å². The summed E-state index contributed by atoms with van der Waals surface area (Å²) in [7, 11) is 0.781. The fourth-order valence-electron chi connectivity index (χ4n) is 2.02. The van der Waals surface area contributed by atoms with Crippen LogP contribution in [0.5, 0.6) is 0 Å². The van der Waals surface area contributed by atoms with Gasteiger partial charge in [0.2, 0.25) is 0 Å². The summed E-state index contributed by atoms with van der Waals surface area (Å²) < 4.78 is 18.5. The van der Waals surface area contributed by atoms with Crippen LogP contribution in [0, 0.1) is 5.82 Å². The van der Waals surface area contributed by atoms with Gasteiger partial charge in [-0.2, -0.15) is 0 Å². The summed E-state index contributed by atoms with van der Waals surface area (Å²) >= 11 is 0. The average molecular weight is 240 g/mol. The maximum absolute atomic E-state index is 12.7. The monoisotopic (exact) mass is 240 g/mol. The van der Waals surface area contributed by atoms with Gasteiger partial charge in [0.25, 0.3) is 0 Å². The smallest absolute Gasteiger partial charge is 0.146 e. The molecule has 0 aliphatic heterocycles. The molecule has 90 valence electrons. The summed E-state index contributed by atoms with van der Waals surface area (Å²) in [5.74, 6) is -0.167. The molecule has 0 heterocycles. The topological polar surface area (TPSA) is 9.23 Å². The number of hydrogen-bond donors (Lipinski definition) is 0. The standard InChI is InChI=1S/C13H21FOSi/c1-3-13(4-2,15-16)10-9-11-5-7-12(14)8-6-11/h5-8H,3-4,9-10H2,1-2,16H3. The van der Waals surface area contributed by atoms with Gasteiger partial charge in [-0.25, -0.2) is 4.39 Å². The molecule has 1 rings (SSSR count). The third-order valence-corrected chi connectivity index (χ3v) is 4.37. The first-order valence-corrected chi connectivity index (χ1v) is 6.77. The second-order valence-electron chi connectivity index (χ2n) is 4.22. The molecule has 0 N–H and O–H groups in total. The Morgan fingerprint density at radius 1 is 1.19 bits per heavy atom. The van der Waals surface area contributed by atoms with Crippen molar-refractivity contribution in [2.75, 3.05) is 0 Å². The van der Waals surface area contributed by atoms with Crippen LogP contribution in [0.15, 0.2) is 24.3 Å². The molecular weight excluding hydrogens is 219 g/mol. The van der Waals surface area contributed by atoms with Crippen LogP contribution in [0.4, 0.5) is 4.39 Å². The predicted octanol–water partition coefficient (Wildman–Crippen LogP) is 2.61. The largest absolute Gasteiger partial charge is 0.422 e. The molecule has 0 unspecified atom stereocenters. The second kappa shape index (κ2) is 6.16. The number of rotatable bonds is 6. The average Bonchev–Trinajstić information content (AvgIpc) is 2.34.